The maximum Gasteiger partial charge on any atom is 0.482 e. The molecule has 2 atom stereocenters. The lowest BCUT2D eigenvalue weighted by molar-refractivity contribution is -0.411. The van der Waals surface area contributed by atoms with Crippen LogP contribution >= 0.6 is 0 Å². The molecule has 0 saturated heterocycles. The Morgan fingerprint density at radius 2 is 1.89 bits per heavy atom. The highest BCUT2D eigenvalue weighted by atomic mass is 19.4. The van der Waals surface area contributed by atoms with E-state index >= 15 is 0 Å². The third-order valence-electron chi connectivity index (χ3n) is 2.88. The number of carbonyl (C=O) groups excluding carboxylic acids is 1. The van der Waals surface area contributed by atoms with Crippen LogP contribution in [-0.2, 0) is 14.3 Å². The number of rotatable bonds is 6. The van der Waals surface area contributed by atoms with E-state index < -0.39 is 30.3 Å². The summed E-state index contributed by atoms with van der Waals surface area (Å²) in [5.74, 6) is -1.14. The molecule has 0 bridgehead atoms. The first-order valence-electron chi connectivity index (χ1n) is 5.59. The van der Waals surface area contributed by atoms with Gasteiger partial charge in [0.25, 0.3) is 0 Å². The highest BCUT2D eigenvalue weighted by molar-refractivity contribution is 5.81. The zero-order chi connectivity index (χ0) is 14.7. The van der Waals surface area contributed by atoms with Crippen LogP contribution in [0.2, 0.25) is 0 Å². The molecule has 1 fully saturated rings. The van der Waals surface area contributed by atoms with Gasteiger partial charge >= 0.3 is 18.3 Å². The first kappa shape index (κ1) is 15.9. The van der Waals surface area contributed by atoms with Gasteiger partial charge in [0.1, 0.15) is 0 Å². The van der Waals surface area contributed by atoms with Crippen LogP contribution in [0.15, 0.2) is 12.7 Å². The molecule has 110 valence electrons. The highest BCUT2D eigenvalue weighted by Crippen LogP contribution is 2.43. The van der Waals surface area contributed by atoms with E-state index in [1.54, 1.807) is 0 Å². The van der Waals surface area contributed by atoms with Gasteiger partial charge in [0.05, 0.1) is 12.7 Å². The fourth-order valence-corrected chi connectivity index (χ4v) is 1.65. The van der Waals surface area contributed by atoms with Gasteiger partial charge in [0, 0.05) is 6.08 Å². The van der Waals surface area contributed by atoms with Gasteiger partial charge in [0.2, 0.25) is 0 Å². The number of alkyl halides is 5. The summed E-state index contributed by atoms with van der Waals surface area (Å²) < 4.78 is 69.5. The molecule has 3 nitrogen and oxygen atoms in total. The fourth-order valence-electron chi connectivity index (χ4n) is 1.65. The van der Waals surface area contributed by atoms with Gasteiger partial charge in [-0.05, 0) is 25.2 Å². The van der Waals surface area contributed by atoms with Crippen molar-refractivity contribution in [2.75, 3.05) is 6.61 Å². The van der Waals surface area contributed by atoms with Gasteiger partial charge in [-0.2, -0.15) is 22.0 Å². The summed E-state index contributed by atoms with van der Waals surface area (Å²) in [4.78, 5) is 10.7. The Hall–Kier alpha value is -1.18. The molecule has 0 aromatic heterocycles. The summed E-state index contributed by atoms with van der Waals surface area (Å²) >= 11 is 0. The number of hydrogen-bond acceptors (Lipinski definition) is 3. The van der Waals surface area contributed by atoms with Gasteiger partial charge < -0.3 is 9.47 Å². The van der Waals surface area contributed by atoms with Crippen LogP contribution in [0.3, 0.4) is 0 Å². The molecule has 1 aliphatic carbocycles. The first-order chi connectivity index (χ1) is 8.67. The van der Waals surface area contributed by atoms with Gasteiger partial charge in [-0.1, -0.05) is 6.58 Å². The molecule has 0 radical (unpaired) electrons. The second-order valence-electron chi connectivity index (χ2n) is 4.17. The third-order valence-corrected chi connectivity index (χ3v) is 2.88. The lowest BCUT2D eigenvalue weighted by Crippen LogP contribution is -2.47. The molecule has 0 aromatic carbocycles. The number of carbonyl (C=O) groups is 1. The van der Waals surface area contributed by atoms with Crippen molar-refractivity contribution < 1.29 is 36.2 Å². The standard InChI is InChI=1S/C11H13F5O3/c1-2-9(17)18-6-5-7-3-4-8(7)19-11(15,16)10(12,13)14/h2,7-8H,1,3-6H2. The Morgan fingerprint density at radius 3 is 2.32 bits per heavy atom. The minimum absolute atomic E-state index is 0.0625. The number of halogens is 5. The maximum atomic E-state index is 12.6. The van der Waals surface area contributed by atoms with E-state index in [-0.39, 0.29) is 19.4 Å². The summed E-state index contributed by atoms with van der Waals surface area (Å²) in [6.45, 7) is 3.10. The minimum atomic E-state index is -5.72. The minimum Gasteiger partial charge on any atom is -0.463 e. The molecular formula is C11H13F5O3. The summed E-state index contributed by atoms with van der Waals surface area (Å²) in [7, 11) is 0. The summed E-state index contributed by atoms with van der Waals surface area (Å²) in [5.41, 5.74) is 0. The van der Waals surface area contributed by atoms with E-state index in [1.165, 1.54) is 0 Å². The SMILES string of the molecule is C=CC(=O)OCCC1CCC1OC(F)(F)C(F)(F)F. The van der Waals surface area contributed by atoms with Gasteiger partial charge in [-0.15, -0.1) is 0 Å². The van der Waals surface area contributed by atoms with E-state index in [1.807, 2.05) is 0 Å². The largest absolute Gasteiger partial charge is 0.482 e. The molecule has 0 heterocycles. The van der Waals surface area contributed by atoms with E-state index in [0.717, 1.165) is 6.08 Å². The van der Waals surface area contributed by atoms with Crippen molar-refractivity contribution in [3.8, 4) is 0 Å². The van der Waals surface area contributed by atoms with Crippen molar-refractivity contribution in [2.45, 2.75) is 37.7 Å². The van der Waals surface area contributed by atoms with Crippen LogP contribution in [0.1, 0.15) is 19.3 Å². The average Bonchev–Trinajstić information content (AvgIpc) is 2.28. The molecule has 19 heavy (non-hydrogen) atoms. The van der Waals surface area contributed by atoms with Crippen molar-refractivity contribution in [3.63, 3.8) is 0 Å². The summed E-state index contributed by atoms with van der Waals surface area (Å²) in [6.07, 6.45) is -10.3. The van der Waals surface area contributed by atoms with Crippen molar-refractivity contribution in [1.82, 2.24) is 0 Å². The fraction of sp³-hybridized carbons (Fsp3) is 0.727. The van der Waals surface area contributed by atoms with Crippen LogP contribution in [0.4, 0.5) is 22.0 Å². The zero-order valence-corrected chi connectivity index (χ0v) is 9.88. The number of hydrogen-bond donors (Lipinski definition) is 0. The molecule has 0 spiro atoms. The smallest absolute Gasteiger partial charge is 0.463 e. The Morgan fingerprint density at radius 1 is 1.26 bits per heavy atom. The van der Waals surface area contributed by atoms with Crippen LogP contribution in [-0.4, -0.2) is 31.0 Å². The molecule has 0 N–H and O–H groups in total. The molecule has 1 saturated carbocycles. The molecule has 2 unspecified atom stereocenters. The van der Waals surface area contributed by atoms with Crippen molar-refractivity contribution in [2.24, 2.45) is 5.92 Å². The van der Waals surface area contributed by atoms with Crippen molar-refractivity contribution >= 4 is 5.97 Å². The molecular weight excluding hydrogens is 275 g/mol. The van der Waals surface area contributed by atoms with Gasteiger partial charge in [0.15, 0.2) is 0 Å². The number of ether oxygens (including phenoxy) is 2. The molecule has 0 aliphatic heterocycles. The predicted octanol–water partition coefficient (Wildman–Crippen LogP) is 3.06. The molecule has 8 heteroatoms. The van der Waals surface area contributed by atoms with E-state index in [4.69, 9.17) is 0 Å². The Bertz CT molecular complexity index is 340. The predicted molar refractivity (Wildman–Crippen MR) is 54.4 cm³/mol. The highest BCUT2D eigenvalue weighted by Gasteiger charge is 2.61. The molecule has 1 aliphatic rings. The topological polar surface area (TPSA) is 35.5 Å². The van der Waals surface area contributed by atoms with E-state index in [0.29, 0.717) is 6.42 Å². The maximum absolute atomic E-state index is 12.6. The monoisotopic (exact) mass is 288 g/mol. The van der Waals surface area contributed by atoms with Crippen LogP contribution in [0.5, 0.6) is 0 Å². The first-order valence-corrected chi connectivity index (χ1v) is 5.59. The normalized spacial score (nSPS) is 23.6. The lowest BCUT2D eigenvalue weighted by atomic mass is 9.79. The van der Waals surface area contributed by atoms with Crippen LogP contribution < -0.4 is 0 Å². The van der Waals surface area contributed by atoms with Gasteiger partial charge in [-0.3, -0.25) is 0 Å². The molecule has 0 aromatic rings. The molecule has 1 rings (SSSR count). The van der Waals surface area contributed by atoms with Crippen molar-refractivity contribution in [3.05, 3.63) is 12.7 Å². The quantitative estimate of drug-likeness (QED) is 0.428. The second-order valence-corrected chi connectivity index (χ2v) is 4.17. The zero-order valence-electron chi connectivity index (χ0n) is 9.88. The van der Waals surface area contributed by atoms with Crippen LogP contribution in [0, 0.1) is 5.92 Å². The van der Waals surface area contributed by atoms with Gasteiger partial charge in [-0.25, -0.2) is 4.79 Å². The number of esters is 1. The second kappa shape index (κ2) is 5.85. The van der Waals surface area contributed by atoms with Crippen LogP contribution in [0.25, 0.3) is 0 Å². The Balaban J connectivity index is 2.37. The molecule has 0 amide bonds. The average molecular weight is 288 g/mol. The van der Waals surface area contributed by atoms with E-state index in [2.05, 4.69) is 16.1 Å². The lowest BCUT2D eigenvalue weighted by Gasteiger charge is -2.38. The van der Waals surface area contributed by atoms with E-state index in [9.17, 15) is 26.7 Å². The summed E-state index contributed by atoms with van der Waals surface area (Å²) in [5, 5.41) is 0. The Labute approximate surface area is 106 Å². The summed E-state index contributed by atoms with van der Waals surface area (Å²) in [6, 6.07) is 0. The van der Waals surface area contributed by atoms with Crippen molar-refractivity contribution in [1.29, 1.82) is 0 Å². The third kappa shape index (κ3) is 4.15. The Kier molecular flexibility index (Phi) is 4.89.